The lowest BCUT2D eigenvalue weighted by molar-refractivity contribution is -0.132. The van der Waals surface area contributed by atoms with Crippen molar-refractivity contribution in [3.05, 3.63) is 78.5 Å². The number of halogens is 1. The third kappa shape index (κ3) is 4.50. The van der Waals surface area contributed by atoms with Crippen molar-refractivity contribution in [1.82, 2.24) is 29.6 Å². The van der Waals surface area contributed by atoms with Gasteiger partial charge >= 0.3 is 0 Å². The zero-order chi connectivity index (χ0) is 23.5. The van der Waals surface area contributed by atoms with E-state index in [0.29, 0.717) is 49.1 Å². The van der Waals surface area contributed by atoms with Gasteiger partial charge in [-0.1, -0.05) is 30.3 Å². The van der Waals surface area contributed by atoms with Crippen LogP contribution in [0.2, 0.25) is 0 Å². The SMILES string of the molecule is Cc1cc(-c2cc(-c3ccccc3)n(CC(=O)N3CCN(c4ncccn4)CC3)n2)ncc1F. The zero-order valence-corrected chi connectivity index (χ0v) is 18.8. The Kier molecular flexibility index (Phi) is 5.99. The summed E-state index contributed by atoms with van der Waals surface area (Å²) in [6, 6.07) is 15.1. The summed E-state index contributed by atoms with van der Waals surface area (Å²) in [5.74, 6) is 0.310. The van der Waals surface area contributed by atoms with E-state index in [1.54, 1.807) is 36.1 Å². The number of hydrogen-bond acceptors (Lipinski definition) is 6. The molecule has 0 N–H and O–H groups in total. The van der Waals surface area contributed by atoms with Gasteiger partial charge in [0.25, 0.3) is 0 Å². The molecule has 9 heteroatoms. The number of aromatic nitrogens is 5. The first-order valence-electron chi connectivity index (χ1n) is 11.1. The first kappa shape index (κ1) is 21.7. The van der Waals surface area contributed by atoms with E-state index in [0.717, 1.165) is 11.3 Å². The number of amides is 1. The van der Waals surface area contributed by atoms with Gasteiger partial charge in [-0.2, -0.15) is 5.10 Å². The van der Waals surface area contributed by atoms with Gasteiger partial charge in [0.05, 0.1) is 17.6 Å². The van der Waals surface area contributed by atoms with Crippen LogP contribution in [0.3, 0.4) is 0 Å². The molecule has 4 aromatic rings. The van der Waals surface area contributed by atoms with E-state index < -0.39 is 0 Å². The standard InChI is InChI=1S/C25H24FN7O/c1-18-14-21(29-16-20(18)26)22-15-23(19-6-3-2-4-7-19)33(30-22)17-24(34)31-10-12-32(13-11-31)25-27-8-5-9-28-25/h2-9,14-16H,10-13,17H2,1H3. The molecule has 172 valence electrons. The van der Waals surface area contributed by atoms with E-state index in [2.05, 4.69) is 25.0 Å². The van der Waals surface area contributed by atoms with Crippen molar-refractivity contribution < 1.29 is 9.18 Å². The third-order valence-corrected chi connectivity index (χ3v) is 5.91. The Hall–Kier alpha value is -4.14. The van der Waals surface area contributed by atoms with Crippen LogP contribution in [-0.2, 0) is 11.3 Å². The highest BCUT2D eigenvalue weighted by atomic mass is 19.1. The molecule has 1 aromatic carbocycles. The zero-order valence-electron chi connectivity index (χ0n) is 18.8. The highest BCUT2D eigenvalue weighted by molar-refractivity contribution is 5.78. The van der Waals surface area contributed by atoms with Gasteiger partial charge in [0, 0.05) is 38.6 Å². The second-order valence-corrected chi connectivity index (χ2v) is 8.17. The summed E-state index contributed by atoms with van der Waals surface area (Å²) in [7, 11) is 0. The smallest absolute Gasteiger partial charge is 0.244 e. The summed E-state index contributed by atoms with van der Waals surface area (Å²) in [5.41, 5.74) is 3.42. The normalized spacial score (nSPS) is 13.8. The van der Waals surface area contributed by atoms with E-state index in [1.807, 2.05) is 41.3 Å². The Balaban J connectivity index is 1.36. The van der Waals surface area contributed by atoms with Gasteiger partial charge in [-0.3, -0.25) is 14.5 Å². The third-order valence-electron chi connectivity index (χ3n) is 5.91. The topological polar surface area (TPSA) is 80.0 Å². The Morgan fingerprint density at radius 3 is 2.38 bits per heavy atom. The summed E-state index contributed by atoms with van der Waals surface area (Å²) in [6.45, 7) is 4.32. The average molecular weight is 458 g/mol. The minimum Gasteiger partial charge on any atom is -0.338 e. The molecule has 5 rings (SSSR count). The van der Waals surface area contributed by atoms with Crippen LogP contribution in [-0.4, -0.2) is 61.7 Å². The van der Waals surface area contributed by atoms with E-state index in [4.69, 9.17) is 0 Å². The highest BCUT2D eigenvalue weighted by Gasteiger charge is 2.24. The largest absolute Gasteiger partial charge is 0.338 e. The van der Waals surface area contributed by atoms with Crippen LogP contribution in [0.4, 0.5) is 10.3 Å². The first-order chi connectivity index (χ1) is 16.6. The molecule has 1 aliphatic rings. The van der Waals surface area contributed by atoms with Crippen LogP contribution >= 0.6 is 0 Å². The Bertz CT molecular complexity index is 1290. The molecule has 4 heterocycles. The highest BCUT2D eigenvalue weighted by Crippen LogP contribution is 2.26. The molecule has 0 radical (unpaired) electrons. The van der Waals surface area contributed by atoms with Gasteiger partial charge in [0.1, 0.15) is 18.1 Å². The molecule has 1 fully saturated rings. The van der Waals surface area contributed by atoms with E-state index in [-0.39, 0.29) is 18.3 Å². The van der Waals surface area contributed by atoms with Crippen LogP contribution < -0.4 is 4.90 Å². The molecular weight excluding hydrogens is 433 g/mol. The van der Waals surface area contributed by atoms with Crippen LogP contribution in [0, 0.1) is 12.7 Å². The number of pyridine rings is 1. The summed E-state index contributed by atoms with van der Waals surface area (Å²) in [6.07, 6.45) is 4.64. The fraction of sp³-hybridized carbons (Fsp3) is 0.240. The molecule has 1 aliphatic heterocycles. The first-order valence-corrected chi connectivity index (χ1v) is 11.1. The lowest BCUT2D eigenvalue weighted by Crippen LogP contribution is -2.50. The average Bonchev–Trinajstić information content (AvgIpc) is 3.30. The van der Waals surface area contributed by atoms with Gasteiger partial charge < -0.3 is 9.80 Å². The maximum Gasteiger partial charge on any atom is 0.244 e. The number of rotatable bonds is 5. The summed E-state index contributed by atoms with van der Waals surface area (Å²) >= 11 is 0. The number of carbonyl (C=O) groups excluding carboxylic acids is 1. The Morgan fingerprint density at radius 1 is 0.941 bits per heavy atom. The molecule has 0 atom stereocenters. The maximum absolute atomic E-state index is 13.7. The monoisotopic (exact) mass is 457 g/mol. The van der Waals surface area contributed by atoms with Crippen molar-refractivity contribution in [2.45, 2.75) is 13.5 Å². The summed E-state index contributed by atoms with van der Waals surface area (Å²) in [4.78, 5) is 29.9. The molecular formula is C25H24FN7O. The van der Waals surface area contributed by atoms with Gasteiger partial charge in [-0.25, -0.2) is 14.4 Å². The van der Waals surface area contributed by atoms with Crippen LogP contribution in [0.15, 0.2) is 67.1 Å². The van der Waals surface area contributed by atoms with Gasteiger partial charge in [-0.15, -0.1) is 0 Å². The molecule has 0 spiro atoms. The van der Waals surface area contributed by atoms with E-state index >= 15 is 0 Å². The van der Waals surface area contributed by atoms with Gasteiger partial charge in [0.2, 0.25) is 11.9 Å². The molecule has 1 saturated heterocycles. The quantitative estimate of drug-likeness (QED) is 0.458. The molecule has 3 aromatic heterocycles. The molecule has 8 nitrogen and oxygen atoms in total. The molecule has 0 saturated carbocycles. The summed E-state index contributed by atoms with van der Waals surface area (Å²) < 4.78 is 15.4. The number of benzene rings is 1. The lowest BCUT2D eigenvalue weighted by Gasteiger charge is -2.34. The second kappa shape index (κ2) is 9.38. The number of aryl methyl sites for hydroxylation is 1. The van der Waals surface area contributed by atoms with Crippen LogP contribution in [0.5, 0.6) is 0 Å². The number of nitrogens with zero attached hydrogens (tertiary/aromatic N) is 7. The number of carbonyl (C=O) groups is 1. The number of anilines is 1. The van der Waals surface area contributed by atoms with Crippen molar-refractivity contribution in [3.63, 3.8) is 0 Å². The van der Waals surface area contributed by atoms with E-state index in [1.165, 1.54) is 6.20 Å². The van der Waals surface area contributed by atoms with Crippen molar-refractivity contribution in [2.24, 2.45) is 0 Å². The predicted octanol–water partition coefficient (Wildman–Crippen LogP) is 3.20. The number of piperazine rings is 1. The molecule has 1 amide bonds. The molecule has 0 bridgehead atoms. The fourth-order valence-corrected chi connectivity index (χ4v) is 4.02. The van der Waals surface area contributed by atoms with Gasteiger partial charge in [0.15, 0.2) is 0 Å². The fourth-order valence-electron chi connectivity index (χ4n) is 4.02. The minimum atomic E-state index is -0.360. The van der Waals surface area contributed by atoms with Crippen molar-refractivity contribution in [1.29, 1.82) is 0 Å². The van der Waals surface area contributed by atoms with Crippen molar-refractivity contribution in [3.8, 4) is 22.6 Å². The van der Waals surface area contributed by atoms with Crippen molar-refractivity contribution in [2.75, 3.05) is 31.1 Å². The van der Waals surface area contributed by atoms with Gasteiger partial charge in [-0.05, 0) is 36.2 Å². The van der Waals surface area contributed by atoms with E-state index in [9.17, 15) is 9.18 Å². The second-order valence-electron chi connectivity index (χ2n) is 8.17. The minimum absolute atomic E-state index is 0.0105. The van der Waals surface area contributed by atoms with Crippen LogP contribution in [0.25, 0.3) is 22.6 Å². The molecule has 0 unspecified atom stereocenters. The number of hydrogen-bond donors (Lipinski definition) is 0. The van der Waals surface area contributed by atoms with Crippen LogP contribution in [0.1, 0.15) is 5.56 Å². The maximum atomic E-state index is 13.7. The Labute approximate surface area is 196 Å². The molecule has 34 heavy (non-hydrogen) atoms. The Morgan fingerprint density at radius 2 is 1.68 bits per heavy atom. The summed E-state index contributed by atoms with van der Waals surface area (Å²) in [5, 5.41) is 4.68. The predicted molar refractivity (Wildman–Crippen MR) is 126 cm³/mol. The lowest BCUT2D eigenvalue weighted by atomic mass is 10.1. The van der Waals surface area contributed by atoms with Crippen molar-refractivity contribution >= 4 is 11.9 Å². The molecule has 0 aliphatic carbocycles.